The van der Waals surface area contributed by atoms with Crippen LogP contribution in [0.25, 0.3) is 0 Å². The topological polar surface area (TPSA) is 24.5 Å². The second kappa shape index (κ2) is 8.23. The maximum atomic E-state index is 5.81. The van der Waals surface area contributed by atoms with Crippen LogP contribution in [-0.4, -0.2) is 49.8 Å². The third kappa shape index (κ3) is 5.41. The van der Waals surface area contributed by atoms with Crippen molar-refractivity contribution in [3.8, 4) is 0 Å². The molecule has 19 heavy (non-hydrogen) atoms. The lowest BCUT2D eigenvalue weighted by Crippen LogP contribution is -2.36. The predicted octanol–water partition coefficient (Wildman–Crippen LogP) is 2.80. The van der Waals surface area contributed by atoms with E-state index in [1.54, 1.807) is 0 Å². The molecule has 1 N–H and O–H groups in total. The van der Waals surface area contributed by atoms with Gasteiger partial charge in [0, 0.05) is 12.6 Å². The highest BCUT2D eigenvalue weighted by molar-refractivity contribution is 4.74. The van der Waals surface area contributed by atoms with Gasteiger partial charge in [-0.15, -0.1) is 0 Å². The first-order valence-electron chi connectivity index (χ1n) is 8.32. The van der Waals surface area contributed by atoms with E-state index in [0.717, 1.165) is 19.1 Å². The Kier molecular flexibility index (Phi) is 6.62. The molecular formula is C16H32N2O. The van der Waals surface area contributed by atoms with E-state index < -0.39 is 0 Å². The van der Waals surface area contributed by atoms with Crippen molar-refractivity contribution in [3.05, 3.63) is 0 Å². The van der Waals surface area contributed by atoms with Crippen LogP contribution in [0.15, 0.2) is 0 Å². The first-order valence-corrected chi connectivity index (χ1v) is 8.32. The molecule has 1 heterocycles. The highest BCUT2D eigenvalue weighted by Crippen LogP contribution is 2.21. The van der Waals surface area contributed by atoms with Crippen molar-refractivity contribution < 1.29 is 4.74 Å². The van der Waals surface area contributed by atoms with Crippen molar-refractivity contribution in [2.24, 2.45) is 0 Å². The maximum Gasteiger partial charge on any atom is 0.0704 e. The van der Waals surface area contributed by atoms with Crippen molar-refractivity contribution in [3.63, 3.8) is 0 Å². The van der Waals surface area contributed by atoms with Crippen molar-refractivity contribution in [2.45, 2.75) is 76.5 Å². The number of rotatable bonds is 7. The quantitative estimate of drug-likeness (QED) is 0.719. The normalized spacial score (nSPS) is 29.2. The summed E-state index contributed by atoms with van der Waals surface area (Å²) in [5.74, 6) is 0. The number of nitrogens with one attached hydrogen (secondary N) is 1. The average molecular weight is 268 g/mol. The van der Waals surface area contributed by atoms with E-state index in [1.807, 2.05) is 0 Å². The van der Waals surface area contributed by atoms with Crippen LogP contribution < -0.4 is 5.32 Å². The third-order valence-electron chi connectivity index (χ3n) is 4.75. The summed E-state index contributed by atoms with van der Waals surface area (Å²) >= 11 is 0. The molecule has 0 aromatic carbocycles. The first kappa shape index (κ1) is 15.3. The zero-order valence-electron chi connectivity index (χ0n) is 12.9. The summed E-state index contributed by atoms with van der Waals surface area (Å²) in [6.07, 6.45) is 11.8. The highest BCUT2D eigenvalue weighted by Gasteiger charge is 2.21. The molecule has 2 rings (SSSR count). The molecule has 1 aliphatic heterocycles. The fourth-order valence-electron chi connectivity index (χ4n) is 3.46. The second-order valence-corrected chi connectivity index (χ2v) is 6.48. The molecular weight excluding hydrogens is 236 g/mol. The number of ether oxygens (including phenoxy) is 1. The Morgan fingerprint density at radius 2 is 1.89 bits per heavy atom. The summed E-state index contributed by atoms with van der Waals surface area (Å²) < 4.78 is 5.81. The van der Waals surface area contributed by atoms with Gasteiger partial charge in [-0.2, -0.15) is 0 Å². The van der Waals surface area contributed by atoms with E-state index in [0.29, 0.717) is 12.2 Å². The fraction of sp³-hybridized carbons (Fsp3) is 1.00. The average Bonchev–Trinajstić information content (AvgIpc) is 2.85. The summed E-state index contributed by atoms with van der Waals surface area (Å²) in [5, 5.41) is 3.55. The molecule has 112 valence electrons. The second-order valence-electron chi connectivity index (χ2n) is 6.48. The molecule has 3 nitrogen and oxygen atoms in total. The summed E-state index contributed by atoms with van der Waals surface area (Å²) in [7, 11) is 2.30. The van der Waals surface area contributed by atoms with Gasteiger partial charge in [-0.05, 0) is 59.2 Å². The molecule has 2 aliphatic rings. The van der Waals surface area contributed by atoms with Crippen LogP contribution in [0, 0.1) is 0 Å². The Morgan fingerprint density at radius 1 is 1.11 bits per heavy atom. The van der Waals surface area contributed by atoms with Gasteiger partial charge in [-0.3, -0.25) is 0 Å². The molecule has 2 unspecified atom stereocenters. The van der Waals surface area contributed by atoms with Gasteiger partial charge >= 0.3 is 0 Å². The number of hydrogen-bond acceptors (Lipinski definition) is 3. The Balaban J connectivity index is 1.47. The Morgan fingerprint density at radius 3 is 2.58 bits per heavy atom. The van der Waals surface area contributed by atoms with Gasteiger partial charge in [-0.25, -0.2) is 0 Å². The Bertz CT molecular complexity index is 241. The largest absolute Gasteiger partial charge is 0.374 e. The van der Waals surface area contributed by atoms with Crippen molar-refractivity contribution in [2.75, 3.05) is 26.7 Å². The van der Waals surface area contributed by atoms with Gasteiger partial charge < -0.3 is 15.0 Å². The third-order valence-corrected chi connectivity index (χ3v) is 4.75. The monoisotopic (exact) mass is 268 g/mol. The number of nitrogens with zero attached hydrogens (tertiary/aromatic N) is 1. The lowest BCUT2D eigenvalue weighted by Gasteiger charge is -2.31. The van der Waals surface area contributed by atoms with E-state index in [9.17, 15) is 0 Å². The van der Waals surface area contributed by atoms with Crippen molar-refractivity contribution in [1.29, 1.82) is 0 Å². The molecule has 0 aromatic heterocycles. The molecule has 1 aliphatic carbocycles. The molecule has 3 heteroatoms. The summed E-state index contributed by atoms with van der Waals surface area (Å²) in [6, 6.07) is 0.854. The Labute approximate surface area is 119 Å². The summed E-state index contributed by atoms with van der Waals surface area (Å²) in [6.45, 7) is 5.58. The molecule has 0 amide bonds. The van der Waals surface area contributed by atoms with Gasteiger partial charge in [0.05, 0.1) is 12.2 Å². The van der Waals surface area contributed by atoms with Gasteiger partial charge in [-0.1, -0.05) is 19.3 Å². The summed E-state index contributed by atoms with van der Waals surface area (Å²) in [5.41, 5.74) is 0. The van der Waals surface area contributed by atoms with E-state index in [2.05, 4.69) is 24.2 Å². The fourth-order valence-corrected chi connectivity index (χ4v) is 3.46. The minimum atomic E-state index is 0.464. The van der Waals surface area contributed by atoms with Crippen LogP contribution in [0.3, 0.4) is 0 Å². The molecule has 0 aromatic rings. The Hall–Kier alpha value is -0.120. The smallest absolute Gasteiger partial charge is 0.0704 e. The molecule has 1 saturated heterocycles. The van der Waals surface area contributed by atoms with Gasteiger partial charge in [0.25, 0.3) is 0 Å². The van der Waals surface area contributed by atoms with Crippen LogP contribution in [0.4, 0.5) is 0 Å². The van der Waals surface area contributed by atoms with Crippen molar-refractivity contribution >= 4 is 0 Å². The van der Waals surface area contributed by atoms with Crippen LogP contribution >= 0.6 is 0 Å². The van der Waals surface area contributed by atoms with Gasteiger partial charge in [0.1, 0.15) is 0 Å². The molecule has 0 spiro atoms. The lowest BCUT2D eigenvalue weighted by atomic mass is 9.94. The molecule has 2 atom stereocenters. The molecule has 1 saturated carbocycles. The highest BCUT2D eigenvalue weighted by atomic mass is 16.5. The number of hydrogen-bond donors (Lipinski definition) is 1. The first-order chi connectivity index (χ1) is 9.25. The van der Waals surface area contributed by atoms with Crippen LogP contribution in [-0.2, 0) is 4.74 Å². The minimum absolute atomic E-state index is 0.464. The van der Waals surface area contributed by atoms with Crippen LogP contribution in [0.2, 0.25) is 0 Å². The zero-order chi connectivity index (χ0) is 13.5. The van der Waals surface area contributed by atoms with E-state index in [4.69, 9.17) is 4.74 Å². The standard InChI is InChI=1S/C16H32N2O/c1-14-9-10-16(19-14)13-17-11-6-12-18(2)15-7-4-3-5-8-15/h14-17H,3-13H2,1-2H3. The maximum absolute atomic E-state index is 5.81. The van der Waals surface area contributed by atoms with Crippen LogP contribution in [0.1, 0.15) is 58.3 Å². The van der Waals surface area contributed by atoms with Crippen LogP contribution in [0.5, 0.6) is 0 Å². The molecule has 0 radical (unpaired) electrons. The molecule has 2 fully saturated rings. The van der Waals surface area contributed by atoms with E-state index >= 15 is 0 Å². The zero-order valence-corrected chi connectivity index (χ0v) is 12.9. The van der Waals surface area contributed by atoms with E-state index in [-0.39, 0.29) is 0 Å². The summed E-state index contributed by atoms with van der Waals surface area (Å²) in [4.78, 5) is 2.58. The van der Waals surface area contributed by atoms with E-state index in [1.165, 1.54) is 57.9 Å². The van der Waals surface area contributed by atoms with Gasteiger partial charge in [0.2, 0.25) is 0 Å². The van der Waals surface area contributed by atoms with Crippen molar-refractivity contribution in [1.82, 2.24) is 10.2 Å². The lowest BCUT2D eigenvalue weighted by molar-refractivity contribution is 0.0559. The minimum Gasteiger partial charge on any atom is -0.374 e. The molecule has 0 bridgehead atoms. The SMILES string of the molecule is CC1CCC(CNCCCN(C)C2CCCCC2)O1. The predicted molar refractivity (Wildman–Crippen MR) is 80.6 cm³/mol. The van der Waals surface area contributed by atoms with Gasteiger partial charge in [0.15, 0.2) is 0 Å².